The van der Waals surface area contributed by atoms with Gasteiger partial charge < -0.3 is 14.6 Å². The number of piperazine rings is 1. The third-order valence-corrected chi connectivity index (χ3v) is 5.04. The van der Waals surface area contributed by atoms with Crippen molar-refractivity contribution >= 4 is 22.6 Å². The zero-order valence-corrected chi connectivity index (χ0v) is 13.8. The predicted octanol–water partition coefficient (Wildman–Crippen LogP) is 1.46. The molecule has 2 aliphatic heterocycles. The number of nitrogens with zero attached hydrogens (tertiary/aromatic N) is 3. The van der Waals surface area contributed by atoms with Crippen LogP contribution in [0.5, 0.6) is 0 Å². The van der Waals surface area contributed by atoms with Crippen LogP contribution in [-0.2, 0) is 0 Å². The van der Waals surface area contributed by atoms with Crippen LogP contribution >= 0.6 is 0 Å². The van der Waals surface area contributed by atoms with E-state index in [2.05, 4.69) is 10.2 Å². The van der Waals surface area contributed by atoms with Crippen molar-refractivity contribution in [3.05, 3.63) is 40.1 Å². The van der Waals surface area contributed by atoms with Gasteiger partial charge in [0.1, 0.15) is 5.58 Å². The van der Waals surface area contributed by atoms with E-state index < -0.39 is 4.92 Å². The van der Waals surface area contributed by atoms with Crippen molar-refractivity contribution in [1.82, 2.24) is 15.1 Å². The lowest BCUT2D eigenvalue weighted by Gasteiger charge is -2.32. The Bertz CT molecular complexity index is 812. The molecule has 2 aromatic rings. The number of amides is 1. The van der Waals surface area contributed by atoms with E-state index in [-0.39, 0.29) is 17.4 Å². The minimum Gasteiger partial charge on any atom is -0.451 e. The van der Waals surface area contributed by atoms with Crippen LogP contribution < -0.4 is 5.32 Å². The van der Waals surface area contributed by atoms with Gasteiger partial charge in [-0.05, 0) is 18.6 Å². The Morgan fingerprint density at radius 1 is 1.24 bits per heavy atom. The van der Waals surface area contributed by atoms with Crippen LogP contribution in [0.3, 0.4) is 0 Å². The van der Waals surface area contributed by atoms with E-state index in [9.17, 15) is 14.9 Å². The number of non-ortho nitro benzene ring substituents is 1. The molecule has 1 unspecified atom stereocenters. The Hall–Kier alpha value is -2.45. The zero-order chi connectivity index (χ0) is 17.4. The largest absolute Gasteiger partial charge is 0.451 e. The number of furan rings is 1. The van der Waals surface area contributed by atoms with Crippen molar-refractivity contribution in [2.24, 2.45) is 0 Å². The lowest BCUT2D eigenvalue weighted by Crippen LogP contribution is -2.49. The van der Waals surface area contributed by atoms with Gasteiger partial charge in [0, 0.05) is 62.8 Å². The molecule has 0 bridgehead atoms. The molecule has 8 nitrogen and oxygen atoms in total. The number of benzene rings is 1. The summed E-state index contributed by atoms with van der Waals surface area (Å²) in [6, 6.07) is 6.36. The van der Waals surface area contributed by atoms with Gasteiger partial charge >= 0.3 is 0 Å². The number of carbonyl (C=O) groups excluding carboxylic acids is 1. The molecule has 3 heterocycles. The quantitative estimate of drug-likeness (QED) is 0.669. The average molecular weight is 344 g/mol. The molecule has 0 saturated carbocycles. The Morgan fingerprint density at radius 3 is 2.80 bits per heavy atom. The monoisotopic (exact) mass is 344 g/mol. The number of carbonyl (C=O) groups is 1. The lowest BCUT2D eigenvalue weighted by atomic mass is 10.2. The van der Waals surface area contributed by atoms with Crippen LogP contribution in [0, 0.1) is 10.1 Å². The molecule has 1 N–H and O–H groups in total. The average Bonchev–Trinajstić information content (AvgIpc) is 3.28. The van der Waals surface area contributed by atoms with Gasteiger partial charge in [0.2, 0.25) is 0 Å². The Balaban J connectivity index is 1.49. The fraction of sp³-hybridized carbons (Fsp3) is 0.471. The molecule has 0 spiro atoms. The van der Waals surface area contributed by atoms with Crippen molar-refractivity contribution in [2.75, 3.05) is 39.3 Å². The first-order valence-corrected chi connectivity index (χ1v) is 8.54. The van der Waals surface area contributed by atoms with E-state index in [1.807, 2.05) is 4.90 Å². The fourth-order valence-electron chi connectivity index (χ4n) is 3.68. The summed E-state index contributed by atoms with van der Waals surface area (Å²) in [5, 5.41) is 14.8. The van der Waals surface area contributed by atoms with E-state index in [4.69, 9.17) is 4.42 Å². The standard InChI is InChI=1S/C17H20N4O4/c22-17(20-6-3-14(11-20)19-7-4-18-5-8-19)16-10-12-9-13(21(23)24)1-2-15(12)25-16/h1-2,9-10,14,18H,3-8,11H2. The summed E-state index contributed by atoms with van der Waals surface area (Å²) in [6.07, 6.45) is 0.970. The zero-order valence-electron chi connectivity index (χ0n) is 13.8. The minimum atomic E-state index is -0.452. The number of nitrogens with one attached hydrogen (secondary N) is 1. The van der Waals surface area contributed by atoms with Crippen molar-refractivity contribution in [2.45, 2.75) is 12.5 Å². The maximum atomic E-state index is 12.7. The maximum absolute atomic E-state index is 12.7. The maximum Gasteiger partial charge on any atom is 0.289 e. The molecule has 132 valence electrons. The number of fused-ring (bicyclic) bond motifs is 1. The molecule has 0 radical (unpaired) electrons. The van der Waals surface area contributed by atoms with Gasteiger partial charge in [-0.15, -0.1) is 0 Å². The summed E-state index contributed by atoms with van der Waals surface area (Å²) in [5.41, 5.74) is 0.485. The van der Waals surface area contributed by atoms with Gasteiger partial charge in [-0.2, -0.15) is 0 Å². The molecule has 1 aromatic heterocycles. The lowest BCUT2D eigenvalue weighted by molar-refractivity contribution is -0.384. The number of hydrogen-bond acceptors (Lipinski definition) is 6. The smallest absolute Gasteiger partial charge is 0.289 e. The van der Waals surface area contributed by atoms with Crippen LogP contribution in [-0.4, -0.2) is 65.9 Å². The van der Waals surface area contributed by atoms with E-state index in [1.54, 1.807) is 6.07 Å². The minimum absolute atomic E-state index is 0.00718. The molecule has 2 aliphatic rings. The fourth-order valence-corrected chi connectivity index (χ4v) is 3.68. The van der Waals surface area contributed by atoms with E-state index in [1.165, 1.54) is 18.2 Å². The van der Waals surface area contributed by atoms with Gasteiger partial charge in [0.05, 0.1) is 4.92 Å². The van der Waals surface area contributed by atoms with Gasteiger partial charge in [0.15, 0.2) is 5.76 Å². The Morgan fingerprint density at radius 2 is 2.04 bits per heavy atom. The normalized spacial score (nSPS) is 21.8. The third kappa shape index (κ3) is 3.10. The molecule has 8 heteroatoms. The summed E-state index contributed by atoms with van der Waals surface area (Å²) in [7, 11) is 0. The first-order chi connectivity index (χ1) is 12.1. The highest BCUT2D eigenvalue weighted by molar-refractivity contribution is 5.96. The van der Waals surface area contributed by atoms with Gasteiger partial charge in [-0.25, -0.2) is 0 Å². The first kappa shape index (κ1) is 16.0. The molecule has 1 aromatic carbocycles. The molecular weight excluding hydrogens is 324 g/mol. The predicted molar refractivity (Wildman–Crippen MR) is 91.6 cm³/mol. The van der Waals surface area contributed by atoms with Gasteiger partial charge in [-0.1, -0.05) is 0 Å². The Labute approximate surface area is 144 Å². The van der Waals surface area contributed by atoms with Gasteiger partial charge in [-0.3, -0.25) is 19.8 Å². The molecule has 25 heavy (non-hydrogen) atoms. The second-order valence-electron chi connectivity index (χ2n) is 6.57. The van der Waals surface area contributed by atoms with Crippen LogP contribution in [0.15, 0.2) is 28.7 Å². The van der Waals surface area contributed by atoms with Crippen LogP contribution in [0.25, 0.3) is 11.0 Å². The van der Waals surface area contributed by atoms with Crippen molar-refractivity contribution in [3.63, 3.8) is 0 Å². The highest BCUT2D eigenvalue weighted by Crippen LogP contribution is 2.26. The molecule has 2 saturated heterocycles. The molecule has 4 rings (SSSR count). The summed E-state index contributed by atoms with van der Waals surface area (Å²) in [4.78, 5) is 27.4. The highest BCUT2D eigenvalue weighted by Gasteiger charge is 2.32. The Kier molecular flexibility index (Phi) is 4.14. The van der Waals surface area contributed by atoms with E-state index >= 15 is 0 Å². The summed E-state index contributed by atoms with van der Waals surface area (Å²) >= 11 is 0. The summed E-state index contributed by atoms with van der Waals surface area (Å²) in [5.74, 6) is 0.105. The summed E-state index contributed by atoms with van der Waals surface area (Å²) < 4.78 is 5.62. The van der Waals surface area contributed by atoms with Crippen LogP contribution in [0.2, 0.25) is 0 Å². The molecule has 1 amide bonds. The van der Waals surface area contributed by atoms with E-state index in [0.29, 0.717) is 30.1 Å². The first-order valence-electron chi connectivity index (χ1n) is 8.54. The SMILES string of the molecule is O=C(c1cc2cc([N+](=O)[O-])ccc2o1)N1CCC(N2CCNCC2)C1. The van der Waals surface area contributed by atoms with E-state index in [0.717, 1.165) is 32.6 Å². The number of rotatable bonds is 3. The topological polar surface area (TPSA) is 91.9 Å². The van der Waals surface area contributed by atoms with Gasteiger partial charge in [0.25, 0.3) is 11.6 Å². The molecule has 2 fully saturated rings. The molecular formula is C17H20N4O4. The second kappa shape index (κ2) is 6.45. The van der Waals surface area contributed by atoms with Crippen molar-refractivity contribution < 1.29 is 14.1 Å². The van der Waals surface area contributed by atoms with Crippen LogP contribution in [0.1, 0.15) is 17.0 Å². The number of likely N-dealkylation sites (tertiary alicyclic amines) is 1. The van der Waals surface area contributed by atoms with Crippen molar-refractivity contribution in [3.8, 4) is 0 Å². The number of nitro benzene ring substituents is 1. The molecule has 1 atom stereocenters. The van der Waals surface area contributed by atoms with Crippen molar-refractivity contribution in [1.29, 1.82) is 0 Å². The second-order valence-corrected chi connectivity index (χ2v) is 6.57. The highest BCUT2D eigenvalue weighted by atomic mass is 16.6. The third-order valence-electron chi connectivity index (χ3n) is 5.04. The number of nitro groups is 1. The van der Waals surface area contributed by atoms with Crippen LogP contribution in [0.4, 0.5) is 5.69 Å². The number of hydrogen-bond donors (Lipinski definition) is 1. The molecule has 0 aliphatic carbocycles. The summed E-state index contributed by atoms with van der Waals surface area (Å²) in [6.45, 7) is 5.43.